The predicted octanol–water partition coefficient (Wildman–Crippen LogP) is -0.290. The molecule has 0 aliphatic rings. The van der Waals surface area contributed by atoms with E-state index in [-0.39, 0.29) is 11.0 Å². The van der Waals surface area contributed by atoms with E-state index in [0.717, 1.165) is 6.92 Å². The third-order valence-electron chi connectivity index (χ3n) is 0. The van der Waals surface area contributed by atoms with Gasteiger partial charge in [0.15, 0.2) is 0 Å². The van der Waals surface area contributed by atoms with E-state index in [2.05, 4.69) is 0 Å². The van der Waals surface area contributed by atoms with Crippen molar-refractivity contribution < 1.29 is 9.90 Å². The minimum atomic E-state index is -0.833. The zero-order valence-electron chi connectivity index (χ0n) is 2.86. The van der Waals surface area contributed by atoms with Crippen LogP contribution in [0.25, 0.3) is 0 Å². The van der Waals surface area contributed by atoms with Gasteiger partial charge in [0.1, 0.15) is 0 Å². The summed E-state index contributed by atoms with van der Waals surface area (Å²) in [6, 6.07) is 0. The standard InChI is InChI=1S/C2H4O2.Si/c1-2(3)4;/h1H3,(H,3,4);. The topological polar surface area (TPSA) is 37.3 Å². The summed E-state index contributed by atoms with van der Waals surface area (Å²) in [5.41, 5.74) is 0. The average molecular weight is 88.1 g/mol. The summed E-state index contributed by atoms with van der Waals surface area (Å²) < 4.78 is 0. The van der Waals surface area contributed by atoms with Crippen LogP contribution in [0, 0.1) is 0 Å². The molecule has 0 aliphatic carbocycles. The van der Waals surface area contributed by atoms with Crippen molar-refractivity contribution >= 4 is 16.9 Å². The molecule has 0 heterocycles. The van der Waals surface area contributed by atoms with Crippen molar-refractivity contribution in [3.63, 3.8) is 0 Å². The van der Waals surface area contributed by atoms with Crippen LogP contribution in [0.2, 0.25) is 0 Å². The molecule has 0 rings (SSSR count). The van der Waals surface area contributed by atoms with Gasteiger partial charge in [-0.25, -0.2) is 0 Å². The first-order valence-corrected chi connectivity index (χ1v) is 0.928. The maximum Gasteiger partial charge on any atom is 0.300 e. The van der Waals surface area contributed by atoms with Crippen molar-refractivity contribution in [1.82, 2.24) is 0 Å². The monoisotopic (exact) mass is 88.0 g/mol. The molecule has 28 valence electrons. The lowest BCUT2D eigenvalue weighted by molar-refractivity contribution is -0.134. The Morgan fingerprint density at radius 3 is 1.80 bits per heavy atom. The number of carboxylic acid groups (broad SMARTS) is 1. The largest absolute Gasteiger partial charge is 0.481 e. The van der Waals surface area contributed by atoms with E-state index in [9.17, 15) is 0 Å². The number of aliphatic carboxylic acids is 1. The van der Waals surface area contributed by atoms with Gasteiger partial charge in [0, 0.05) is 17.9 Å². The van der Waals surface area contributed by atoms with Crippen LogP contribution in [0.3, 0.4) is 0 Å². The highest BCUT2D eigenvalue weighted by molar-refractivity contribution is 5.75. The smallest absolute Gasteiger partial charge is 0.300 e. The molecule has 1 N–H and O–H groups in total. The molecule has 0 saturated heterocycles. The quantitative estimate of drug-likeness (QED) is 0.413. The molecule has 0 unspecified atom stereocenters. The van der Waals surface area contributed by atoms with Gasteiger partial charge < -0.3 is 5.11 Å². The summed E-state index contributed by atoms with van der Waals surface area (Å²) in [6.45, 7) is 1.08. The van der Waals surface area contributed by atoms with E-state index in [1.54, 1.807) is 0 Å². The Kier molecular flexibility index (Phi) is 6.51. The third-order valence-corrected chi connectivity index (χ3v) is 0. The van der Waals surface area contributed by atoms with Crippen LogP contribution in [-0.4, -0.2) is 22.0 Å². The lowest BCUT2D eigenvalue weighted by atomic mass is 10.9. The van der Waals surface area contributed by atoms with Crippen LogP contribution < -0.4 is 0 Å². The highest BCUT2D eigenvalue weighted by Crippen LogP contribution is 1.42. The van der Waals surface area contributed by atoms with Gasteiger partial charge in [0.2, 0.25) is 0 Å². The Balaban J connectivity index is 0. The molecule has 0 atom stereocenters. The molecule has 0 amide bonds. The molecule has 0 aliphatic heterocycles. The Hall–Kier alpha value is -0.313. The molecular weight excluding hydrogens is 84.1 g/mol. The van der Waals surface area contributed by atoms with Crippen LogP contribution in [-0.2, 0) is 4.79 Å². The number of carboxylic acids is 1. The number of carbonyl (C=O) groups is 1. The van der Waals surface area contributed by atoms with Gasteiger partial charge in [-0.3, -0.25) is 4.79 Å². The summed E-state index contributed by atoms with van der Waals surface area (Å²) in [6.07, 6.45) is 0. The molecule has 0 spiro atoms. The molecule has 3 heteroatoms. The summed E-state index contributed by atoms with van der Waals surface area (Å²) in [4.78, 5) is 9.00. The first-order valence-electron chi connectivity index (χ1n) is 0.928. The fourth-order valence-corrected chi connectivity index (χ4v) is 0. The molecule has 0 aromatic carbocycles. The Morgan fingerprint density at radius 1 is 1.80 bits per heavy atom. The van der Waals surface area contributed by atoms with Crippen molar-refractivity contribution in [3.05, 3.63) is 0 Å². The average Bonchev–Trinajstić information content (AvgIpc) is 0.811. The number of rotatable bonds is 0. The van der Waals surface area contributed by atoms with Gasteiger partial charge in [-0.15, -0.1) is 0 Å². The van der Waals surface area contributed by atoms with Crippen LogP contribution >= 0.6 is 0 Å². The minimum absolute atomic E-state index is 0. The van der Waals surface area contributed by atoms with E-state index >= 15 is 0 Å². The van der Waals surface area contributed by atoms with Gasteiger partial charge in [0.05, 0.1) is 0 Å². The lowest BCUT2D eigenvalue weighted by Crippen LogP contribution is -1.78. The van der Waals surface area contributed by atoms with Gasteiger partial charge in [-0.1, -0.05) is 0 Å². The molecule has 0 bridgehead atoms. The minimum Gasteiger partial charge on any atom is -0.481 e. The summed E-state index contributed by atoms with van der Waals surface area (Å²) >= 11 is 0. The molecule has 5 heavy (non-hydrogen) atoms. The molecule has 4 radical (unpaired) electrons. The third kappa shape index (κ3) is 107. The predicted molar refractivity (Wildman–Crippen MR) is 19.1 cm³/mol. The first kappa shape index (κ1) is 8.82. The molecule has 0 aromatic rings. The summed E-state index contributed by atoms with van der Waals surface area (Å²) in [5.74, 6) is -0.833. The Bertz CT molecular complexity index is 30.6. The van der Waals surface area contributed by atoms with Gasteiger partial charge in [-0.2, -0.15) is 0 Å². The van der Waals surface area contributed by atoms with Crippen molar-refractivity contribution in [2.75, 3.05) is 0 Å². The van der Waals surface area contributed by atoms with E-state index in [0.29, 0.717) is 0 Å². The zero-order chi connectivity index (χ0) is 3.58. The highest BCUT2D eigenvalue weighted by atomic mass is 28.1. The SMILES string of the molecule is CC(=O)O.[Si]. The summed E-state index contributed by atoms with van der Waals surface area (Å²) in [5, 5.41) is 7.42. The van der Waals surface area contributed by atoms with Crippen molar-refractivity contribution in [2.24, 2.45) is 0 Å². The molecular formula is C2H4O2Si. The highest BCUT2D eigenvalue weighted by Gasteiger charge is 1.65. The van der Waals surface area contributed by atoms with Gasteiger partial charge in [-0.05, 0) is 0 Å². The fraction of sp³-hybridized carbons (Fsp3) is 0.500. The first-order chi connectivity index (χ1) is 1.73. The lowest BCUT2D eigenvalue weighted by Gasteiger charge is -1.59. The summed E-state index contributed by atoms with van der Waals surface area (Å²) in [7, 11) is 0. The van der Waals surface area contributed by atoms with Crippen molar-refractivity contribution in [3.8, 4) is 0 Å². The van der Waals surface area contributed by atoms with Crippen LogP contribution in [0.15, 0.2) is 0 Å². The van der Waals surface area contributed by atoms with Crippen LogP contribution in [0.1, 0.15) is 6.92 Å². The number of hydrogen-bond donors (Lipinski definition) is 1. The van der Waals surface area contributed by atoms with Gasteiger partial charge in [0.25, 0.3) is 5.97 Å². The molecule has 0 aromatic heterocycles. The second-order valence-electron chi connectivity index (χ2n) is 0.519. The molecule has 0 fully saturated rings. The molecule has 0 saturated carbocycles. The van der Waals surface area contributed by atoms with E-state index in [1.165, 1.54) is 0 Å². The second kappa shape index (κ2) is 3.69. The Morgan fingerprint density at radius 2 is 1.80 bits per heavy atom. The fourth-order valence-electron chi connectivity index (χ4n) is 0. The maximum absolute atomic E-state index is 9.00. The van der Waals surface area contributed by atoms with Crippen molar-refractivity contribution in [2.45, 2.75) is 6.92 Å². The Labute approximate surface area is 34.8 Å². The van der Waals surface area contributed by atoms with Crippen LogP contribution in [0.5, 0.6) is 0 Å². The zero-order valence-corrected chi connectivity index (χ0v) is 3.86. The van der Waals surface area contributed by atoms with Gasteiger partial charge >= 0.3 is 0 Å². The van der Waals surface area contributed by atoms with Crippen molar-refractivity contribution in [1.29, 1.82) is 0 Å². The van der Waals surface area contributed by atoms with Crippen LogP contribution in [0.4, 0.5) is 0 Å². The maximum atomic E-state index is 9.00. The molecule has 2 nitrogen and oxygen atoms in total. The normalized spacial score (nSPS) is 5.00. The van der Waals surface area contributed by atoms with E-state index in [1.807, 2.05) is 0 Å². The van der Waals surface area contributed by atoms with E-state index < -0.39 is 5.97 Å². The van der Waals surface area contributed by atoms with E-state index in [4.69, 9.17) is 9.90 Å². The second-order valence-corrected chi connectivity index (χ2v) is 0.519. The number of hydrogen-bond acceptors (Lipinski definition) is 1.